The lowest BCUT2D eigenvalue weighted by atomic mass is 9.81. The second-order valence-electron chi connectivity index (χ2n) is 12.8. The van der Waals surface area contributed by atoms with Crippen LogP contribution in [0.4, 0.5) is 0 Å². The molecule has 4 rings (SSSR count). The zero-order valence-corrected chi connectivity index (χ0v) is 29.2. The second kappa shape index (κ2) is 19.8. The number of carbonyl (C=O) groups is 2. The van der Waals surface area contributed by atoms with Crippen molar-refractivity contribution in [3.8, 4) is 17.2 Å². The summed E-state index contributed by atoms with van der Waals surface area (Å²) in [6.45, 7) is 10.5. The zero-order chi connectivity index (χ0) is 34.1. The van der Waals surface area contributed by atoms with Crippen molar-refractivity contribution in [2.24, 2.45) is 5.92 Å². The third-order valence-electron chi connectivity index (χ3n) is 9.24. The third-order valence-corrected chi connectivity index (χ3v) is 9.24. The van der Waals surface area contributed by atoms with Gasteiger partial charge in [-0.15, -0.1) is 0 Å². The molecule has 258 valence electrons. The number of Topliss-reactive ketones (excluding diaryl/α,β-unsaturated/α-hetero) is 2. The highest BCUT2D eigenvalue weighted by Crippen LogP contribution is 2.30. The van der Waals surface area contributed by atoms with E-state index in [-0.39, 0.29) is 35.5 Å². The fourth-order valence-corrected chi connectivity index (χ4v) is 6.26. The lowest BCUT2D eigenvalue weighted by Crippen LogP contribution is -2.37. The Morgan fingerprint density at radius 2 is 1.31 bits per heavy atom. The molecule has 1 heterocycles. The van der Waals surface area contributed by atoms with Crippen molar-refractivity contribution < 1.29 is 23.8 Å². The van der Waals surface area contributed by atoms with Crippen molar-refractivity contribution in [2.75, 3.05) is 39.5 Å². The fraction of sp³-hybridized carbons (Fsp3) is 0.488. The topological polar surface area (TPSA) is 88.9 Å². The van der Waals surface area contributed by atoms with Crippen LogP contribution in [0.5, 0.6) is 17.2 Å². The van der Waals surface area contributed by atoms with E-state index in [1.807, 2.05) is 43.3 Å². The molecule has 3 aromatic rings. The standard InChI is InChI=1S/C41H54N2O5/c1-4-6-11-32-14-20-36(21-15-32)47-28-29-48-37-22-16-33(17-23-37)31(3)38(30-43-26-9-10-27-43)41(42)40(45)13-8-7-12-39(44)34-18-24-35(25-19-34)46-5-2/h14-25,31,38,42H,4-13,26-30H2,1-3H3. The predicted molar refractivity (Wildman–Crippen MR) is 193 cm³/mol. The molecule has 48 heavy (non-hydrogen) atoms. The van der Waals surface area contributed by atoms with Gasteiger partial charge in [0.25, 0.3) is 0 Å². The van der Waals surface area contributed by atoms with E-state index in [1.54, 1.807) is 12.1 Å². The molecule has 7 nitrogen and oxygen atoms in total. The molecular formula is C41H54N2O5. The number of ketones is 2. The first-order valence-electron chi connectivity index (χ1n) is 17.9. The van der Waals surface area contributed by atoms with Gasteiger partial charge in [0.1, 0.15) is 30.5 Å². The minimum absolute atomic E-state index is 0.000897. The maximum absolute atomic E-state index is 13.3. The first kappa shape index (κ1) is 36.9. The number of nitrogens with one attached hydrogen (secondary N) is 1. The minimum Gasteiger partial charge on any atom is -0.494 e. The number of ether oxygens (including phenoxy) is 3. The van der Waals surface area contributed by atoms with Gasteiger partial charge in [-0.3, -0.25) is 9.59 Å². The molecule has 0 bridgehead atoms. The molecule has 0 aromatic heterocycles. The average Bonchev–Trinajstić information content (AvgIpc) is 3.64. The summed E-state index contributed by atoms with van der Waals surface area (Å²) in [6.07, 6.45) is 7.69. The average molecular weight is 655 g/mol. The van der Waals surface area contributed by atoms with Crippen LogP contribution in [0.2, 0.25) is 0 Å². The summed E-state index contributed by atoms with van der Waals surface area (Å²) in [4.78, 5) is 28.3. The highest BCUT2D eigenvalue weighted by Gasteiger charge is 2.30. The number of nitrogens with zero attached hydrogens (tertiary/aromatic N) is 1. The summed E-state index contributed by atoms with van der Waals surface area (Å²) in [5, 5.41) is 8.98. The van der Waals surface area contributed by atoms with Gasteiger partial charge in [-0.25, -0.2) is 0 Å². The molecule has 1 N–H and O–H groups in total. The SMILES string of the molecule is CCCCc1ccc(OCCOc2ccc(C(C)C(CN3CCCC3)C(=N)C(=O)CCCCC(=O)c3ccc(OCC)cc3)cc2)cc1. The van der Waals surface area contributed by atoms with E-state index in [0.29, 0.717) is 51.2 Å². The normalized spacial score (nSPS) is 14.3. The van der Waals surface area contributed by atoms with Crippen LogP contribution in [0.25, 0.3) is 0 Å². The van der Waals surface area contributed by atoms with Gasteiger partial charge in [-0.2, -0.15) is 0 Å². The smallest absolute Gasteiger partial charge is 0.176 e. The predicted octanol–water partition coefficient (Wildman–Crippen LogP) is 8.73. The van der Waals surface area contributed by atoms with Crippen molar-refractivity contribution >= 4 is 17.3 Å². The van der Waals surface area contributed by atoms with Crippen molar-refractivity contribution in [1.29, 1.82) is 5.41 Å². The van der Waals surface area contributed by atoms with Crippen LogP contribution in [0.15, 0.2) is 72.8 Å². The first-order chi connectivity index (χ1) is 23.4. The molecule has 0 amide bonds. The minimum atomic E-state index is -0.199. The summed E-state index contributed by atoms with van der Waals surface area (Å²) in [6, 6.07) is 23.6. The molecule has 1 fully saturated rings. The number of hydrogen-bond donors (Lipinski definition) is 1. The van der Waals surface area contributed by atoms with Crippen LogP contribution in [0.1, 0.15) is 99.5 Å². The molecule has 2 atom stereocenters. The lowest BCUT2D eigenvalue weighted by molar-refractivity contribution is -0.113. The Morgan fingerprint density at radius 1 is 0.750 bits per heavy atom. The Labute approximate surface area is 287 Å². The van der Waals surface area contributed by atoms with Gasteiger partial charge in [-0.1, -0.05) is 44.5 Å². The first-order valence-corrected chi connectivity index (χ1v) is 17.9. The molecule has 0 aliphatic carbocycles. The van der Waals surface area contributed by atoms with Gasteiger partial charge < -0.3 is 24.5 Å². The Bertz CT molecular complexity index is 1410. The van der Waals surface area contributed by atoms with E-state index in [0.717, 1.165) is 55.2 Å². The van der Waals surface area contributed by atoms with Gasteiger partial charge in [0.15, 0.2) is 11.6 Å². The van der Waals surface area contributed by atoms with Crippen molar-refractivity contribution in [2.45, 2.75) is 84.5 Å². The van der Waals surface area contributed by atoms with Crippen molar-refractivity contribution in [1.82, 2.24) is 4.90 Å². The third kappa shape index (κ3) is 11.6. The molecule has 0 saturated carbocycles. The monoisotopic (exact) mass is 654 g/mol. The molecule has 1 aliphatic rings. The summed E-state index contributed by atoms with van der Waals surface area (Å²) >= 11 is 0. The maximum atomic E-state index is 13.3. The van der Waals surface area contributed by atoms with E-state index in [9.17, 15) is 9.59 Å². The maximum Gasteiger partial charge on any atom is 0.176 e. The lowest BCUT2D eigenvalue weighted by Gasteiger charge is -2.29. The van der Waals surface area contributed by atoms with Crippen LogP contribution < -0.4 is 14.2 Å². The van der Waals surface area contributed by atoms with Gasteiger partial charge in [-0.05, 0) is 124 Å². The number of hydrogen-bond acceptors (Lipinski definition) is 7. The van der Waals surface area contributed by atoms with Crippen LogP contribution in [-0.2, 0) is 11.2 Å². The molecule has 3 aromatic carbocycles. The quantitative estimate of drug-likeness (QED) is 0.0662. The van der Waals surface area contributed by atoms with Gasteiger partial charge in [0, 0.05) is 30.9 Å². The Morgan fingerprint density at radius 3 is 1.92 bits per heavy atom. The summed E-state index contributed by atoms with van der Waals surface area (Å²) in [5.74, 6) is 2.12. The molecule has 2 unspecified atom stereocenters. The van der Waals surface area contributed by atoms with Gasteiger partial charge in [0.2, 0.25) is 0 Å². The zero-order valence-electron chi connectivity index (χ0n) is 29.2. The van der Waals surface area contributed by atoms with E-state index in [4.69, 9.17) is 19.6 Å². The van der Waals surface area contributed by atoms with E-state index in [2.05, 4.69) is 43.0 Å². The van der Waals surface area contributed by atoms with Crippen LogP contribution in [-0.4, -0.2) is 61.6 Å². The van der Waals surface area contributed by atoms with Crippen LogP contribution in [0, 0.1) is 11.3 Å². The molecule has 1 saturated heterocycles. The highest BCUT2D eigenvalue weighted by atomic mass is 16.5. The van der Waals surface area contributed by atoms with Gasteiger partial charge >= 0.3 is 0 Å². The van der Waals surface area contributed by atoms with Gasteiger partial charge in [0.05, 0.1) is 12.3 Å². The summed E-state index contributed by atoms with van der Waals surface area (Å²) < 4.78 is 17.3. The van der Waals surface area contributed by atoms with Crippen molar-refractivity contribution in [3.05, 3.63) is 89.5 Å². The van der Waals surface area contributed by atoms with E-state index < -0.39 is 0 Å². The molecular weight excluding hydrogens is 600 g/mol. The van der Waals surface area contributed by atoms with Crippen molar-refractivity contribution in [3.63, 3.8) is 0 Å². The molecule has 0 radical (unpaired) electrons. The summed E-state index contributed by atoms with van der Waals surface area (Å²) in [7, 11) is 0. The van der Waals surface area contributed by atoms with Crippen LogP contribution in [0.3, 0.4) is 0 Å². The Hall–Kier alpha value is -3.97. The van der Waals surface area contributed by atoms with Crippen LogP contribution >= 0.6 is 0 Å². The molecule has 1 aliphatic heterocycles. The molecule has 7 heteroatoms. The number of likely N-dealkylation sites (tertiary alicyclic amines) is 1. The largest absolute Gasteiger partial charge is 0.494 e. The number of rotatable bonds is 22. The highest BCUT2D eigenvalue weighted by molar-refractivity contribution is 6.39. The second-order valence-corrected chi connectivity index (χ2v) is 12.8. The number of aryl methyl sites for hydroxylation is 1. The number of benzene rings is 3. The van der Waals surface area contributed by atoms with E-state index >= 15 is 0 Å². The number of unbranched alkanes of at least 4 members (excludes halogenated alkanes) is 2. The number of carbonyl (C=O) groups excluding carboxylic acids is 2. The fourth-order valence-electron chi connectivity index (χ4n) is 6.26. The summed E-state index contributed by atoms with van der Waals surface area (Å²) in [5.41, 5.74) is 3.28. The Kier molecular flexibility index (Phi) is 15.2. The van der Waals surface area contributed by atoms with E-state index in [1.165, 1.54) is 18.4 Å². The molecule has 0 spiro atoms. The Balaban J connectivity index is 1.25.